The van der Waals surface area contributed by atoms with Gasteiger partial charge in [0.15, 0.2) is 0 Å². The second-order valence-electron chi connectivity index (χ2n) is 7.45. The number of nitrogens with zero attached hydrogens (tertiary/aromatic N) is 2. The van der Waals surface area contributed by atoms with Gasteiger partial charge in [-0.05, 0) is 24.0 Å². The second kappa shape index (κ2) is 8.36. The molecule has 0 spiro atoms. The molecule has 0 amide bonds. The Morgan fingerprint density at radius 1 is 1.13 bits per heavy atom. The molecule has 1 saturated carbocycles. The van der Waals surface area contributed by atoms with E-state index in [0.717, 1.165) is 37.8 Å². The minimum absolute atomic E-state index is 0.305. The van der Waals surface area contributed by atoms with Crippen LogP contribution in [0.15, 0.2) is 78.4 Å². The smallest absolute Gasteiger partial charge is 0.126 e. The molecule has 0 saturated heterocycles. The van der Waals surface area contributed by atoms with Gasteiger partial charge in [0.2, 0.25) is 0 Å². The van der Waals surface area contributed by atoms with Crippen molar-refractivity contribution in [3.8, 4) is 21.7 Å². The Kier molecular flexibility index (Phi) is 5.63. The highest BCUT2D eigenvalue weighted by Crippen LogP contribution is 2.42. The molecule has 1 heterocycles. The fourth-order valence-corrected chi connectivity index (χ4v) is 4.82. The van der Waals surface area contributed by atoms with Gasteiger partial charge in [-0.25, -0.2) is 9.98 Å². The van der Waals surface area contributed by atoms with Gasteiger partial charge in [-0.2, -0.15) is 0 Å². The normalized spacial score (nSPS) is 21.5. The lowest BCUT2D eigenvalue weighted by Crippen LogP contribution is -2.51. The quantitative estimate of drug-likeness (QED) is 0.317. The van der Waals surface area contributed by atoms with Crippen molar-refractivity contribution in [1.82, 2.24) is 4.98 Å². The van der Waals surface area contributed by atoms with Gasteiger partial charge in [-0.15, -0.1) is 11.3 Å². The highest BCUT2D eigenvalue weighted by Gasteiger charge is 2.41. The summed E-state index contributed by atoms with van der Waals surface area (Å²) in [7, 11) is 0. The summed E-state index contributed by atoms with van der Waals surface area (Å²) in [6.45, 7) is 3.88. The number of rotatable bonds is 6. The highest BCUT2D eigenvalue weighted by atomic mass is 32.1. The predicted octanol–water partition coefficient (Wildman–Crippen LogP) is 4.30. The zero-order valence-corrected chi connectivity index (χ0v) is 17.3. The lowest BCUT2D eigenvalue weighted by Gasteiger charge is -2.42. The van der Waals surface area contributed by atoms with Crippen molar-refractivity contribution in [1.29, 1.82) is 0 Å². The Bertz CT molecular complexity index is 1090. The van der Waals surface area contributed by atoms with Crippen LogP contribution in [-0.4, -0.2) is 22.5 Å². The van der Waals surface area contributed by atoms with E-state index >= 15 is 0 Å². The number of benzene rings is 2. The molecule has 1 aliphatic rings. The monoisotopic (exact) mass is 416 g/mol. The van der Waals surface area contributed by atoms with E-state index < -0.39 is 5.54 Å². The summed E-state index contributed by atoms with van der Waals surface area (Å²) in [4.78, 5) is 10.0. The van der Waals surface area contributed by atoms with Gasteiger partial charge in [0.05, 0.1) is 23.0 Å². The average molecular weight is 417 g/mol. The average Bonchev–Trinajstić information content (AvgIpc) is 3.19. The summed E-state index contributed by atoms with van der Waals surface area (Å²) in [5, 5.41) is 10.5. The topological polar surface area (TPSA) is 97.5 Å². The van der Waals surface area contributed by atoms with Crippen LogP contribution in [0.5, 0.6) is 0 Å². The van der Waals surface area contributed by atoms with Crippen LogP contribution in [0.3, 0.4) is 0 Å². The summed E-state index contributed by atoms with van der Waals surface area (Å²) in [5.74, 6) is 0. The number of aromatic nitrogens is 1. The first-order valence-electron chi connectivity index (χ1n) is 9.74. The van der Waals surface area contributed by atoms with E-state index in [9.17, 15) is 5.11 Å². The molecule has 152 valence electrons. The molecule has 3 aromatic rings. The summed E-state index contributed by atoms with van der Waals surface area (Å²) in [6.07, 6.45) is 5.52. The fourth-order valence-electron chi connectivity index (χ4n) is 3.72. The molecule has 0 unspecified atom stereocenters. The summed E-state index contributed by atoms with van der Waals surface area (Å²) >= 11 is 1.59. The van der Waals surface area contributed by atoms with Crippen LogP contribution >= 0.6 is 11.3 Å². The maximum atomic E-state index is 9.66. The lowest BCUT2D eigenvalue weighted by atomic mass is 9.70. The van der Waals surface area contributed by atoms with Crippen LogP contribution in [-0.2, 0) is 5.54 Å². The third-order valence-electron chi connectivity index (χ3n) is 5.36. The summed E-state index contributed by atoms with van der Waals surface area (Å²) < 4.78 is 0. The zero-order chi connectivity index (χ0) is 21.1. The van der Waals surface area contributed by atoms with E-state index in [4.69, 9.17) is 16.5 Å². The van der Waals surface area contributed by atoms with Crippen LogP contribution < -0.4 is 11.5 Å². The maximum Gasteiger partial charge on any atom is 0.126 e. The summed E-state index contributed by atoms with van der Waals surface area (Å²) in [5.41, 5.74) is 16.2. The van der Waals surface area contributed by atoms with Crippen LogP contribution in [0, 0.1) is 0 Å². The number of nitrogens with two attached hydrogens (primary N) is 2. The third kappa shape index (κ3) is 3.85. The molecule has 0 aliphatic heterocycles. The Labute approximate surface area is 180 Å². The first-order valence-corrected chi connectivity index (χ1v) is 10.6. The molecule has 6 heteroatoms. The number of aliphatic hydroxyl groups excluding tert-OH is 1. The van der Waals surface area contributed by atoms with Crippen molar-refractivity contribution in [3.63, 3.8) is 0 Å². The molecule has 5 N–H and O–H groups in total. The van der Waals surface area contributed by atoms with Gasteiger partial charge in [-0.1, -0.05) is 67.3 Å². The van der Waals surface area contributed by atoms with Crippen molar-refractivity contribution in [2.24, 2.45) is 16.5 Å². The van der Waals surface area contributed by atoms with E-state index in [1.54, 1.807) is 23.6 Å². The van der Waals surface area contributed by atoms with Crippen molar-refractivity contribution in [2.75, 3.05) is 0 Å². The van der Waals surface area contributed by atoms with Gasteiger partial charge < -0.3 is 16.6 Å². The molecule has 0 atom stereocenters. The molecule has 0 bridgehead atoms. The first kappa shape index (κ1) is 20.2. The zero-order valence-electron chi connectivity index (χ0n) is 16.5. The lowest BCUT2D eigenvalue weighted by molar-refractivity contribution is 0.0209. The van der Waals surface area contributed by atoms with E-state index in [-0.39, 0.29) is 6.10 Å². The largest absolute Gasteiger partial charge is 0.393 e. The summed E-state index contributed by atoms with van der Waals surface area (Å²) in [6, 6.07) is 18.4. The minimum Gasteiger partial charge on any atom is -0.393 e. The highest BCUT2D eigenvalue weighted by molar-refractivity contribution is 7.16. The van der Waals surface area contributed by atoms with Crippen LogP contribution in [0.1, 0.15) is 23.4 Å². The van der Waals surface area contributed by atoms with Gasteiger partial charge in [-0.3, -0.25) is 0 Å². The second-order valence-corrected chi connectivity index (χ2v) is 8.44. The Morgan fingerprint density at radius 2 is 1.83 bits per heavy atom. The van der Waals surface area contributed by atoms with Crippen LogP contribution in [0.4, 0.5) is 0 Å². The maximum absolute atomic E-state index is 9.66. The van der Waals surface area contributed by atoms with Gasteiger partial charge in [0.1, 0.15) is 5.01 Å². The van der Waals surface area contributed by atoms with Crippen molar-refractivity contribution in [2.45, 2.75) is 24.5 Å². The molecule has 1 aliphatic carbocycles. The number of allylic oxidation sites excluding steroid dienone is 2. The predicted molar refractivity (Wildman–Crippen MR) is 125 cm³/mol. The molecule has 1 aromatic heterocycles. The van der Waals surface area contributed by atoms with Crippen molar-refractivity contribution in [3.05, 3.63) is 84.0 Å². The molecular formula is C24H24N4OS. The van der Waals surface area contributed by atoms with Gasteiger partial charge in [0, 0.05) is 22.9 Å². The van der Waals surface area contributed by atoms with Gasteiger partial charge >= 0.3 is 0 Å². The van der Waals surface area contributed by atoms with Crippen LogP contribution in [0.2, 0.25) is 0 Å². The number of hydrogen-bond acceptors (Lipinski definition) is 5. The molecular weight excluding hydrogens is 392 g/mol. The molecule has 2 aromatic carbocycles. The Balaban J connectivity index is 1.77. The number of thiazole rings is 1. The minimum atomic E-state index is -0.438. The van der Waals surface area contributed by atoms with Crippen molar-refractivity contribution < 1.29 is 5.11 Å². The molecule has 5 nitrogen and oxygen atoms in total. The molecule has 4 rings (SSSR count). The fraction of sp³-hybridized carbons (Fsp3) is 0.167. The van der Waals surface area contributed by atoms with E-state index in [0.29, 0.717) is 12.8 Å². The molecule has 1 fully saturated rings. The van der Waals surface area contributed by atoms with Crippen LogP contribution in [0.25, 0.3) is 27.3 Å². The van der Waals surface area contributed by atoms with Gasteiger partial charge in [0.25, 0.3) is 0 Å². The molecule has 30 heavy (non-hydrogen) atoms. The Morgan fingerprint density at radius 3 is 2.43 bits per heavy atom. The third-order valence-corrected chi connectivity index (χ3v) is 6.52. The van der Waals surface area contributed by atoms with E-state index in [2.05, 4.69) is 35.8 Å². The van der Waals surface area contributed by atoms with E-state index in [1.165, 1.54) is 6.34 Å². The molecule has 0 radical (unpaired) electrons. The standard InChI is InChI=1S/C24H24N4OS/c1-2-16(14-27-15-25)23-28-21(22(30-23)18-6-4-3-5-7-18)17-8-10-19(11-9-17)24(26)12-20(29)13-24/h2-11,14-15,20,29H,1,12-13,26H2,(H2,25,27)/b16-14+. The number of aliphatic hydroxyl groups is 1. The number of hydrogen-bond donors (Lipinski definition) is 3. The number of aliphatic imine (C=N–C) groups is 1. The Hall–Kier alpha value is -3.06. The first-order chi connectivity index (χ1) is 14.5. The van der Waals surface area contributed by atoms with Crippen molar-refractivity contribution >= 4 is 23.2 Å². The SMILES string of the molecule is C=C/C(=C\N=CN)c1nc(-c2ccc(C3(N)CC(O)C3)cc2)c(-c2ccccc2)s1. The van der Waals surface area contributed by atoms with E-state index in [1.807, 2.05) is 30.3 Å².